The van der Waals surface area contributed by atoms with Crippen molar-refractivity contribution < 1.29 is 4.79 Å². The zero-order chi connectivity index (χ0) is 18.1. The molecule has 4 rings (SSSR count). The van der Waals surface area contributed by atoms with Crippen LogP contribution in [0.4, 0.5) is 0 Å². The molecule has 0 atom stereocenters. The SMILES string of the molecule is CNC(=O)CSc1nnc2n(-c3ccccc3)c(=O)c3ccccc3n12. The summed E-state index contributed by atoms with van der Waals surface area (Å²) in [5.41, 5.74) is 1.27. The summed E-state index contributed by atoms with van der Waals surface area (Å²) in [4.78, 5) is 24.7. The molecule has 0 saturated carbocycles. The number of para-hydroxylation sites is 2. The molecule has 1 amide bonds. The summed E-state index contributed by atoms with van der Waals surface area (Å²) in [6.07, 6.45) is 0. The second-order valence-electron chi connectivity index (χ2n) is 5.57. The minimum atomic E-state index is -0.158. The van der Waals surface area contributed by atoms with E-state index in [4.69, 9.17) is 0 Å². The van der Waals surface area contributed by atoms with Gasteiger partial charge in [0.25, 0.3) is 5.56 Å². The van der Waals surface area contributed by atoms with Gasteiger partial charge in [0, 0.05) is 7.05 Å². The first-order valence-electron chi connectivity index (χ1n) is 7.98. The monoisotopic (exact) mass is 365 g/mol. The Morgan fingerprint density at radius 3 is 2.58 bits per heavy atom. The van der Waals surface area contributed by atoms with Gasteiger partial charge in [-0.2, -0.15) is 0 Å². The average Bonchev–Trinajstić information content (AvgIpc) is 3.11. The fourth-order valence-corrected chi connectivity index (χ4v) is 3.60. The average molecular weight is 365 g/mol. The van der Waals surface area contributed by atoms with Gasteiger partial charge in [-0.05, 0) is 24.3 Å². The Bertz CT molecular complexity index is 1170. The maximum Gasteiger partial charge on any atom is 0.267 e. The number of hydrogen-bond donors (Lipinski definition) is 1. The van der Waals surface area contributed by atoms with Gasteiger partial charge in [-0.25, -0.2) is 4.57 Å². The van der Waals surface area contributed by atoms with Crippen molar-refractivity contribution in [1.82, 2.24) is 24.5 Å². The molecule has 0 aliphatic rings. The third-order valence-corrected chi connectivity index (χ3v) is 4.95. The first kappa shape index (κ1) is 16.3. The van der Waals surface area contributed by atoms with Crippen LogP contribution in [0.1, 0.15) is 0 Å². The van der Waals surface area contributed by atoms with Gasteiger partial charge in [0.15, 0.2) is 5.16 Å². The number of amides is 1. The van der Waals surface area contributed by atoms with Crippen LogP contribution in [0.25, 0.3) is 22.4 Å². The molecule has 0 spiro atoms. The van der Waals surface area contributed by atoms with Crippen LogP contribution in [-0.2, 0) is 4.79 Å². The lowest BCUT2D eigenvalue weighted by molar-refractivity contribution is -0.118. The van der Waals surface area contributed by atoms with Crippen molar-refractivity contribution in [3.05, 3.63) is 65.0 Å². The van der Waals surface area contributed by atoms with E-state index in [2.05, 4.69) is 15.5 Å². The van der Waals surface area contributed by atoms with Gasteiger partial charge in [0.2, 0.25) is 11.7 Å². The summed E-state index contributed by atoms with van der Waals surface area (Å²) >= 11 is 1.28. The Kier molecular flexibility index (Phi) is 4.18. The van der Waals surface area contributed by atoms with Crippen LogP contribution in [0.5, 0.6) is 0 Å². The van der Waals surface area contributed by atoms with Crippen LogP contribution < -0.4 is 10.9 Å². The maximum atomic E-state index is 13.1. The van der Waals surface area contributed by atoms with Crippen LogP contribution in [0.3, 0.4) is 0 Å². The number of hydrogen-bond acceptors (Lipinski definition) is 5. The van der Waals surface area contributed by atoms with Gasteiger partial charge in [0.1, 0.15) is 0 Å². The molecule has 0 fully saturated rings. The zero-order valence-electron chi connectivity index (χ0n) is 13.9. The van der Waals surface area contributed by atoms with E-state index < -0.39 is 0 Å². The van der Waals surface area contributed by atoms with Crippen molar-refractivity contribution in [3.63, 3.8) is 0 Å². The Morgan fingerprint density at radius 2 is 1.81 bits per heavy atom. The molecule has 4 aromatic rings. The van der Waals surface area contributed by atoms with Crippen LogP contribution in [0.2, 0.25) is 0 Å². The third-order valence-electron chi connectivity index (χ3n) is 4.02. The molecule has 2 aromatic carbocycles. The van der Waals surface area contributed by atoms with Gasteiger partial charge in [-0.3, -0.25) is 14.0 Å². The van der Waals surface area contributed by atoms with Crippen molar-refractivity contribution in [2.24, 2.45) is 0 Å². The van der Waals surface area contributed by atoms with E-state index in [1.165, 1.54) is 11.8 Å². The Morgan fingerprint density at radius 1 is 1.08 bits per heavy atom. The Labute approximate surface area is 152 Å². The highest BCUT2D eigenvalue weighted by atomic mass is 32.2. The second kappa shape index (κ2) is 6.64. The molecule has 0 aliphatic heterocycles. The molecule has 8 heteroatoms. The van der Waals surface area contributed by atoms with Crippen LogP contribution >= 0.6 is 11.8 Å². The molecule has 130 valence electrons. The van der Waals surface area contributed by atoms with Crippen LogP contribution in [0, 0.1) is 0 Å². The minimum Gasteiger partial charge on any atom is -0.358 e. The van der Waals surface area contributed by atoms with Gasteiger partial charge < -0.3 is 5.32 Å². The summed E-state index contributed by atoms with van der Waals surface area (Å²) in [5.74, 6) is 0.530. The van der Waals surface area contributed by atoms with Gasteiger partial charge >= 0.3 is 0 Å². The fraction of sp³-hybridized carbons (Fsp3) is 0.111. The topological polar surface area (TPSA) is 81.3 Å². The lowest BCUT2D eigenvalue weighted by atomic mass is 10.2. The number of carbonyl (C=O) groups excluding carboxylic acids is 1. The van der Waals surface area contributed by atoms with E-state index in [-0.39, 0.29) is 17.2 Å². The lowest BCUT2D eigenvalue weighted by Gasteiger charge is -2.11. The molecule has 2 heterocycles. The first-order chi connectivity index (χ1) is 12.7. The van der Waals surface area contributed by atoms with Crippen molar-refractivity contribution in [3.8, 4) is 5.69 Å². The van der Waals surface area contributed by atoms with Crippen molar-refractivity contribution in [2.75, 3.05) is 12.8 Å². The first-order valence-corrected chi connectivity index (χ1v) is 8.97. The van der Waals surface area contributed by atoms with E-state index in [1.807, 2.05) is 52.9 Å². The zero-order valence-corrected chi connectivity index (χ0v) is 14.7. The molecule has 26 heavy (non-hydrogen) atoms. The molecular formula is C18H15N5O2S. The largest absolute Gasteiger partial charge is 0.358 e. The van der Waals surface area contributed by atoms with Gasteiger partial charge in [-0.15, -0.1) is 10.2 Å². The molecular weight excluding hydrogens is 350 g/mol. The number of fused-ring (bicyclic) bond motifs is 3. The molecule has 7 nitrogen and oxygen atoms in total. The number of rotatable bonds is 4. The van der Waals surface area contributed by atoms with Crippen molar-refractivity contribution >= 4 is 34.3 Å². The molecule has 1 N–H and O–H groups in total. The molecule has 0 radical (unpaired) electrons. The summed E-state index contributed by atoms with van der Waals surface area (Å²) in [7, 11) is 1.59. The van der Waals surface area contributed by atoms with Crippen LogP contribution in [-0.4, -0.2) is 37.9 Å². The van der Waals surface area contributed by atoms with Crippen molar-refractivity contribution in [1.29, 1.82) is 0 Å². The van der Waals surface area contributed by atoms with Gasteiger partial charge in [-0.1, -0.05) is 42.1 Å². The quantitative estimate of drug-likeness (QED) is 0.559. The molecule has 0 saturated heterocycles. The highest BCUT2D eigenvalue weighted by Gasteiger charge is 2.18. The predicted molar refractivity (Wildman–Crippen MR) is 101 cm³/mol. The lowest BCUT2D eigenvalue weighted by Crippen LogP contribution is -2.22. The predicted octanol–water partition coefficient (Wildman–Crippen LogP) is 1.87. The number of nitrogens with zero attached hydrogens (tertiary/aromatic N) is 4. The highest BCUT2D eigenvalue weighted by Crippen LogP contribution is 2.22. The van der Waals surface area contributed by atoms with E-state index in [1.54, 1.807) is 17.7 Å². The number of benzene rings is 2. The molecule has 0 aliphatic carbocycles. The fourth-order valence-electron chi connectivity index (χ4n) is 2.78. The summed E-state index contributed by atoms with van der Waals surface area (Å²) in [6, 6.07) is 16.6. The summed E-state index contributed by atoms with van der Waals surface area (Å²) in [6.45, 7) is 0. The van der Waals surface area contributed by atoms with E-state index in [0.717, 1.165) is 0 Å². The van der Waals surface area contributed by atoms with Crippen molar-refractivity contribution in [2.45, 2.75) is 5.16 Å². The molecule has 0 unspecified atom stereocenters. The van der Waals surface area contributed by atoms with Crippen LogP contribution in [0.15, 0.2) is 64.5 Å². The summed E-state index contributed by atoms with van der Waals surface area (Å²) in [5, 5.41) is 12.2. The number of nitrogens with one attached hydrogen (secondary N) is 1. The Hall–Kier alpha value is -3.13. The standard InChI is InChI=1S/C18H15N5O2S/c1-19-15(24)11-26-18-21-20-17-22(12-7-3-2-4-8-12)16(25)13-9-5-6-10-14(13)23(17)18/h2-10H,11H2,1H3,(H,19,24). The number of aromatic nitrogens is 4. The van der Waals surface area contributed by atoms with E-state index in [9.17, 15) is 9.59 Å². The van der Waals surface area contributed by atoms with E-state index in [0.29, 0.717) is 27.5 Å². The van der Waals surface area contributed by atoms with Gasteiger partial charge in [0.05, 0.1) is 22.3 Å². The Balaban J connectivity index is 2.03. The molecule has 2 aromatic heterocycles. The third kappa shape index (κ3) is 2.64. The molecule has 0 bridgehead atoms. The smallest absolute Gasteiger partial charge is 0.267 e. The minimum absolute atomic E-state index is 0.104. The number of thioether (sulfide) groups is 1. The number of carbonyl (C=O) groups is 1. The second-order valence-corrected chi connectivity index (χ2v) is 6.52. The summed E-state index contributed by atoms with van der Waals surface area (Å²) < 4.78 is 3.36. The highest BCUT2D eigenvalue weighted by molar-refractivity contribution is 7.99. The normalized spacial score (nSPS) is 11.1. The maximum absolute atomic E-state index is 13.1. The van der Waals surface area contributed by atoms with E-state index >= 15 is 0 Å².